The lowest BCUT2D eigenvalue weighted by atomic mass is 9.95. The number of ether oxygens (including phenoxy) is 1. The molecule has 2 aliphatic heterocycles. The van der Waals surface area contributed by atoms with E-state index in [1.54, 1.807) is 7.11 Å². The number of nitrogens with zero attached hydrogens (tertiary/aromatic N) is 3. The predicted molar refractivity (Wildman–Crippen MR) is 112 cm³/mol. The molecule has 0 spiro atoms. The van der Waals surface area contributed by atoms with Crippen LogP contribution in [0.1, 0.15) is 46.5 Å². The molecule has 2 saturated heterocycles. The van der Waals surface area contributed by atoms with Gasteiger partial charge in [-0.1, -0.05) is 26.8 Å². The number of carbonyl (C=O) groups excluding carboxylic acids is 1. The molecule has 1 atom stereocenters. The van der Waals surface area contributed by atoms with E-state index in [2.05, 4.69) is 35.5 Å². The van der Waals surface area contributed by atoms with E-state index in [1.165, 1.54) is 32.2 Å². The third kappa shape index (κ3) is 7.55. The first-order valence-corrected chi connectivity index (χ1v) is 11.0. The SMILES string of the molecule is CCN1CCC[C@H]1CN(CC1CCN(CCOC)CC1)C(=O)/C=C/C(C)C. The fraction of sp³-hybridized carbons (Fsp3) is 0.864. The van der Waals surface area contributed by atoms with E-state index in [0.717, 1.165) is 45.9 Å². The van der Waals surface area contributed by atoms with Crippen molar-refractivity contribution in [2.75, 3.05) is 59.5 Å². The molecule has 1 amide bonds. The number of allylic oxidation sites excluding steroid dienone is 1. The van der Waals surface area contributed by atoms with Crippen LogP contribution < -0.4 is 0 Å². The van der Waals surface area contributed by atoms with Crippen LogP contribution in [0.2, 0.25) is 0 Å². The first kappa shape index (κ1) is 22.4. The summed E-state index contributed by atoms with van der Waals surface area (Å²) < 4.78 is 5.20. The van der Waals surface area contributed by atoms with Gasteiger partial charge in [-0.2, -0.15) is 0 Å². The predicted octanol–water partition coefficient (Wildman–Crippen LogP) is 2.87. The molecule has 2 rings (SSSR count). The second-order valence-corrected chi connectivity index (χ2v) is 8.55. The molecule has 156 valence electrons. The average Bonchev–Trinajstić information content (AvgIpc) is 3.12. The van der Waals surface area contributed by atoms with E-state index in [0.29, 0.717) is 17.9 Å². The number of hydrogen-bond acceptors (Lipinski definition) is 4. The molecule has 2 heterocycles. The largest absolute Gasteiger partial charge is 0.383 e. The Balaban J connectivity index is 1.92. The first-order valence-electron chi connectivity index (χ1n) is 11.0. The highest BCUT2D eigenvalue weighted by molar-refractivity contribution is 5.87. The van der Waals surface area contributed by atoms with E-state index >= 15 is 0 Å². The Morgan fingerprint density at radius 3 is 2.56 bits per heavy atom. The van der Waals surface area contributed by atoms with Crippen molar-refractivity contribution in [2.24, 2.45) is 11.8 Å². The van der Waals surface area contributed by atoms with Gasteiger partial charge in [-0.15, -0.1) is 0 Å². The quantitative estimate of drug-likeness (QED) is 0.547. The maximum absolute atomic E-state index is 12.9. The van der Waals surface area contributed by atoms with Gasteiger partial charge in [0.25, 0.3) is 0 Å². The molecule has 27 heavy (non-hydrogen) atoms. The van der Waals surface area contributed by atoms with Crippen LogP contribution in [0.15, 0.2) is 12.2 Å². The summed E-state index contributed by atoms with van der Waals surface area (Å²) in [5.41, 5.74) is 0. The topological polar surface area (TPSA) is 36.0 Å². The fourth-order valence-electron chi connectivity index (χ4n) is 4.33. The highest BCUT2D eigenvalue weighted by Gasteiger charge is 2.29. The molecular formula is C22H41N3O2. The number of likely N-dealkylation sites (N-methyl/N-ethyl adjacent to an activating group) is 1. The molecule has 0 aromatic carbocycles. The lowest BCUT2D eigenvalue weighted by Gasteiger charge is -2.36. The smallest absolute Gasteiger partial charge is 0.246 e. The van der Waals surface area contributed by atoms with Crippen LogP contribution in [0.4, 0.5) is 0 Å². The Kier molecular flexibility index (Phi) is 9.80. The molecule has 2 fully saturated rings. The zero-order valence-corrected chi connectivity index (χ0v) is 18.0. The maximum Gasteiger partial charge on any atom is 0.246 e. The molecule has 0 aliphatic carbocycles. The van der Waals surface area contributed by atoms with E-state index in [-0.39, 0.29) is 5.91 Å². The van der Waals surface area contributed by atoms with Gasteiger partial charge >= 0.3 is 0 Å². The lowest BCUT2D eigenvalue weighted by molar-refractivity contribution is -0.127. The van der Waals surface area contributed by atoms with Gasteiger partial charge in [-0.25, -0.2) is 0 Å². The van der Waals surface area contributed by atoms with Crippen LogP contribution >= 0.6 is 0 Å². The Labute approximate surface area is 166 Å². The van der Waals surface area contributed by atoms with E-state index < -0.39 is 0 Å². The normalized spacial score (nSPS) is 22.9. The van der Waals surface area contributed by atoms with Crippen LogP contribution in [-0.4, -0.2) is 86.2 Å². The summed E-state index contributed by atoms with van der Waals surface area (Å²) in [5, 5.41) is 0. The van der Waals surface area contributed by atoms with Gasteiger partial charge in [0.05, 0.1) is 6.61 Å². The van der Waals surface area contributed by atoms with Crippen molar-refractivity contribution < 1.29 is 9.53 Å². The molecule has 0 N–H and O–H groups in total. The second-order valence-electron chi connectivity index (χ2n) is 8.55. The van der Waals surface area contributed by atoms with Crippen molar-refractivity contribution in [1.29, 1.82) is 0 Å². The van der Waals surface area contributed by atoms with Gasteiger partial charge in [0.15, 0.2) is 0 Å². The van der Waals surface area contributed by atoms with Gasteiger partial charge in [0, 0.05) is 32.8 Å². The van der Waals surface area contributed by atoms with Gasteiger partial charge in [0.2, 0.25) is 5.91 Å². The van der Waals surface area contributed by atoms with Crippen molar-refractivity contribution in [2.45, 2.75) is 52.5 Å². The van der Waals surface area contributed by atoms with E-state index in [9.17, 15) is 4.79 Å². The number of amides is 1. The molecule has 2 aliphatic rings. The lowest BCUT2D eigenvalue weighted by Crippen LogP contribution is -2.46. The zero-order valence-electron chi connectivity index (χ0n) is 18.0. The second kappa shape index (κ2) is 11.8. The molecule has 0 saturated carbocycles. The summed E-state index contributed by atoms with van der Waals surface area (Å²) in [7, 11) is 1.77. The van der Waals surface area contributed by atoms with Crippen molar-refractivity contribution in [3.8, 4) is 0 Å². The number of methoxy groups -OCH3 is 1. The Bertz CT molecular complexity index is 458. The highest BCUT2D eigenvalue weighted by atomic mass is 16.5. The molecule has 0 radical (unpaired) electrons. The zero-order chi connectivity index (χ0) is 19.6. The maximum atomic E-state index is 12.9. The van der Waals surface area contributed by atoms with Gasteiger partial charge < -0.3 is 14.5 Å². The van der Waals surface area contributed by atoms with Crippen molar-refractivity contribution in [3.63, 3.8) is 0 Å². The average molecular weight is 380 g/mol. The van der Waals surface area contributed by atoms with Crippen molar-refractivity contribution >= 4 is 5.91 Å². The van der Waals surface area contributed by atoms with Gasteiger partial charge in [0.1, 0.15) is 0 Å². The number of piperidine rings is 1. The third-order valence-corrected chi connectivity index (χ3v) is 6.07. The van der Waals surface area contributed by atoms with Gasteiger partial charge in [-0.05, 0) is 69.8 Å². The van der Waals surface area contributed by atoms with Crippen LogP contribution in [-0.2, 0) is 9.53 Å². The minimum Gasteiger partial charge on any atom is -0.383 e. The van der Waals surface area contributed by atoms with Crippen molar-refractivity contribution in [1.82, 2.24) is 14.7 Å². The van der Waals surface area contributed by atoms with Crippen LogP contribution in [0.5, 0.6) is 0 Å². The summed E-state index contributed by atoms with van der Waals surface area (Å²) in [6.45, 7) is 14.6. The number of carbonyl (C=O) groups is 1. The van der Waals surface area contributed by atoms with Gasteiger partial charge in [-0.3, -0.25) is 9.69 Å². The minimum atomic E-state index is 0.202. The Morgan fingerprint density at radius 2 is 1.93 bits per heavy atom. The van der Waals surface area contributed by atoms with Crippen LogP contribution in [0.3, 0.4) is 0 Å². The summed E-state index contributed by atoms with van der Waals surface area (Å²) >= 11 is 0. The highest BCUT2D eigenvalue weighted by Crippen LogP contribution is 2.22. The summed E-state index contributed by atoms with van der Waals surface area (Å²) in [5.74, 6) is 1.24. The number of rotatable bonds is 10. The molecule has 0 unspecified atom stereocenters. The van der Waals surface area contributed by atoms with Crippen LogP contribution in [0.25, 0.3) is 0 Å². The molecule has 0 bridgehead atoms. The molecule has 5 heteroatoms. The first-order chi connectivity index (χ1) is 13.0. The number of likely N-dealkylation sites (tertiary alicyclic amines) is 2. The van der Waals surface area contributed by atoms with E-state index in [1.807, 2.05) is 12.2 Å². The standard InChI is InChI=1S/C22H41N3O2/c1-5-24-12-6-7-21(24)18-25(22(26)9-8-19(2)3)17-20-10-13-23(14-11-20)15-16-27-4/h8-9,19-21H,5-7,10-18H2,1-4H3/b9-8+/t21-/m0/s1. The van der Waals surface area contributed by atoms with Crippen LogP contribution in [0, 0.1) is 11.8 Å². The number of hydrogen-bond donors (Lipinski definition) is 0. The minimum absolute atomic E-state index is 0.202. The summed E-state index contributed by atoms with van der Waals surface area (Å²) in [4.78, 5) is 20.1. The Morgan fingerprint density at radius 1 is 1.19 bits per heavy atom. The third-order valence-electron chi connectivity index (χ3n) is 6.07. The monoisotopic (exact) mass is 379 g/mol. The molecular weight excluding hydrogens is 338 g/mol. The van der Waals surface area contributed by atoms with E-state index in [4.69, 9.17) is 4.74 Å². The molecule has 0 aromatic rings. The summed E-state index contributed by atoms with van der Waals surface area (Å²) in [6.07, 6.45) is 8.70. The fourth-order valence-corrected chi connectivity index (χ4v) is 4.33. The molecule has 5 nitrogen and oxygen atoms in total. The van der Waals surface area contributed by atoms with Crippen molar-refractivity contribution in [3.05, 3.63) is 12.2 Å². The summed E-state index contributed by atoms with van der Waals surface area (Å²) in [6, 6.07) is 0.535. The molecule has 0 aromatic heterocycles. The Hall–Kier alpha value is -0.910.